The smallest absolute Gasteiger partial charge is 0.410 e. The Kier molecular flexibility index (Phi) is 6.88. The molecule has 2 N–H and O–H groups in total. The van der Waals surface area contributed by atoms with Crippen LogP contribution < -0.4 is 5.32 Å². The zero-order valence-electron chi connectivity index (χ0n) is 19.0. The van der Waals surface area contributed by atoms with Crippen LogP contribution in [0.25, 0.3) is 0 Å². The van der Waals surface area contributed by atoms with Gasteiger partial charge in [0.2, 0.25) is 0 Å². The van der Waals surface area contributed by atoms with Crippen LogP contribution in [0.4, 0.5) is 9.59 Å². The van der Waals surface area contributed by atoms with Crippen LogP contribution in [-0.4, -0.2) is 46.9 Å². The molecule has 1 heterocycles. The van der Waals surface area contributed by atoms with Gasteiger partial charge in [-0.2, -0.15) is 0 Å². The minimum Gasteiger partial charge on any atom is -0.445 e. The van der Waals surface area contributed by atoms with Gasteiger partial charge in [-0.25, -0.2) is 9.59 Å². The number of alkyl carbamates (subject to hydrolysis) is 1. The summed E-state index contributed by atoms with van der Waals surface area (Å²) in [7, 11) is 0. The van der Waals surface area contributed by atoms with Crippen molar-refractivity contribution in [1.82, 2.24) is 10.2 Å². The molecule has 2 atom stereocenters. The number of carbonyl (C=O) groups is 2. The monoisotopic (exact) mass is 452 g/mol. The highest BCUT2D eigenvalue weighted by molar-refractivity contribution is 5.68. The summed E-state index contributed by atoms with van der Waals surface area (Å²) in [5, 5.41) is 13.8. The van der Waals surface area contributed by atoms with E-state index < -0.39 is 11.7 Å². The van der Waals surface area contributed by atoms with Crippen molar-refractivity contribution in [2.75, 3.05) is 13.1 Å². The lowest BCUT2D eigenvalue weighted by Crippen LogP contribution is -2.51. The van der Waals surface area contributed by atoms with Crippen LogP contribution in [0, 0.1) is 5.41 Å². The molecule has 1 spiro atoms. The van der Waals surface area contributed by atoms with Gasteiger partial charge >= 0.3 is 12.2 Å². The van der Waals surface area contributed by atoms with Gasteiger partial charge in [0.05, 0.1) is 5.60 Å². The second-order valence-electron chi connectivity index (χ2n) is 9.53. The van der Waals surface area contributed by atoms with Gasteiger partial charge < -0.3 is 24.8 Å². The average molecular weight is 453 g/mol. The van der Waals surface area contributed by atoms with Gasteiger partial charge in [0.15, 0.2) is 0 Å². The Bertz CT molecular complexity index is 940. The summed E-state index contributed by atoms with van der Waals surface area (Å²) in [5.74, 6) is 0. The lowest BCUT2D eigenvalue weighted by atomic mass is 9.73. The molecule has 7 heteroatoms. The number of rotatable bonds is 5. The average Bonchev–Trinajstić information content (AvgIpc) is 3.06. The molecule has 0 radical (unpaired) electrons. The third-order valence-corrected chi connectivity index (χ3v) is 6.84. The molecule has 2 aliphatic rings. The van der Waals surface area contributed by atoms with Crippen molar-refractivity contribution in [3.8, 4) is 0 Å². The lowest BCUT2D eigenvalue weighted by molar-refractivity contribution is 0.0269. The molecule has 33 heavy (non-hydrogen) atoms. The molecule has 1 aliphatic carbocycles. The normalized spacial score (nSPS) is 23.8. The Morgan fingerprint density at radius 2 is 1.52 bits per heavy atom. The maximum Gasteiger partial charge on any atom is 0.410 e. The minimum absolute atomic E-state index is 0.198. The van der Waals surface area contributed by atoms with E-state index in [2.05, 4.69) is 5.32 Å². The Balaban J connectivity index is 1.31. The number of nitrogens with zero attached hydrogens (tertiary/aromatic N) is 1. The fourth-order valence-electron chi connectivity index (χ4n) is 5.19. The zero-order chi connectivity index (χ0) is 23.3. The van der Waals surface area contributed by atoms with Gasteiger partial charge in [0, 0.05) is 19.1 Å². The van der Waals surface area contributed by atoms with E-state index in [1.807, 2.05) is 67.6 Å². The fourth-order valence-corrected chi connectivity index (χ4v) is 5.19. The van der Waals surface area contributed by atoms with Gasteiger partial charge in [-0.05, 0) is 49.1 Å². The van der Waals surface area contributed by atoms with Crippen LogP contribution in [0.2, 0.25) is 0 Å². The molecule has 2 amide bonds. The number of amides is 2. The first kappa shape index (κ1) is 23.1. The van der Waals surface area contributed by atoms with Crippen LogP contribution in [0.3, 0.4) is 0 Å². The van der Waals surface area contributed by atoms with Gasteiger partial charge in [0.1, 0.15) is 13.2 Å². The van der Waals surface area contributed by atoms with Crippen LogP contribution in [0.5, 0.6) is 0 Å². The van der Waals surface area contributed by atoms with Crippen LogP contribution >= 0.6 is 0 Å². The molecule has 7 nitrogen and oxygen atoms in total. The Morgan fingerprint density at radius 3 is 2.09 bits per heavy atom. The summed E-state index contributed by atoms with van der Waals surface area (Å²) in [6.45, 7) is 3.31. The van der Waals surface area contributed by atoms with Gasteiger partial charge in [0.25, 0.3) is 0 Å². The Labute approximate surface area is 194 Å². The van der Waals surface area contributed by atoms with Crippen molar-refractivity contribution in [2.45, 2.75) is 57.5 Å². The number of likely N-dealkylation sites (tertiary alicyclic amines) is 1. The number of nitrogens with one attached hydrogen (secondary N) is 1. The van der Waals surface area contributed by atoms with E-state index in [0.29, 0.717) is 38.8 Å². The van der Waals surface area contributed by atoms with Crippen LogP contribution in [0.1, 0.15) is 43.7 Å². The van der Waals surface area contributed by atoms with Gasteiger partial charge in [-0.15, -0.1) is 0 Å². The molecule has 0 aromatic heterocycles. The van der Waals surface area contributed by atoms with E-state index in [0.717, 1.165) is 11.1 Å². The molecule has 1 unspecified atom stereocenters. The minimum atomic E-state index is -0.868. The summed E-state index contributed by atoms with van der Waals surface area (Å²) < 4.78 is 10.9. The number of ether oxygens (including phenoxy) is 2. The summed E-state index contributed by atoms with van der Waals surface area (Å²) >= 11 is 0. The molecule has 2 fully saturated rings. The Hall–Kier alpha value is -3.06. The van der Waals surface area contributed by atoms with Crippen molar-refractivity contribution < 1.29 is 24.2 Å². The fraction of sp³-hybridized carbons (Fsp3) is 0.462. The first-order valence-corrected chi connectivity index (χ1v) is 11.5. The van der Waals surface area contributed by atoms with Crippen molar-refractivity contribution in [2.24, 2.45) is 5.41 Å². The summed E-state index contributed by atoms with van der Waals surface area (Å²) in [6, 6.07) is 18.9. The number of benzene rings is 2. The predicted octanol–water partition coefficient (Wildman–Crippen LogP) is 4.25. The van der Waals surface area contributed by atoms with Crippen molar-refractivity contribution in [3.05, 3.63) is 71.8 Å². The van der Waals surface area contributed by atoms with Crippen LogP contribution in [0.15, 0.2) is 60.7 Å². The first-order valence-electron chi connectivity index (χ1n) is 11.5. The highest BCUT2D eigenvalue weighted by atomic mass is 16.6. The van der Waals surface area contributed by atoms with E-state index >= 15 is 0 Å². The number of aliphatic hydroxyl groups is 1. The summed E-state index contributed by atoms with van der Waals surface area (Å²) in [6.07, 6.45) is 1.61. The van der Waals surface area contributed by atoms with Gasteiger partial charge in [-0.1, -0.05) is 60.7 Å². The quantitative estimate of drug-likeness (QED) is 0.708. The largest absolute Gasteiger partial charge is 0.445 e. The molecular weight excluding hydrogens is 420 g/mol. The molecule has 4 rings (SSSR count). The molecule has 2 aromatic carbocycles. The van der Waals surface area contributed by atoms with Crippen molar-refractivity contribution >= 4 is 12.2 Å². The Morgan fingerprint density at radius 1 is 0.970 bits per heavy atom. The third-order valence-electron chi connectivity index (χ3n) is 6.84. The third kappa shape index (κ3) is 5.85. The molecule has 176 valence electrons. The second-order valence-corrected chi connectivity index (χ2v) is 9.53. The maximum atomic E-state index is 12.5. The summed E-state index contributed by atoms with van der Waals surface area (Å²) in [4.78, 5) is 26.8. The topological polar surface area (TPSA) is 88.1 Å². The number of carbonyl (C=O) groups excluding carboxylic acids is 2. The van der Waals surface area contributed by atoms with E-state index in [1.165, 1.54) is 0 Å². The SMILES string of the molecule is CC1(O)C[C@@H](NC(=O)OCc2ccccc2)C2(CCN(C(=O)OCc3ccccc3)CC2)C1. The van der Waals surface area contributed by atoms with Gasteiger partial charge in [-0.3, -0.25) is 0 Å². The highest BCUT2D eigenvalue weighted by Gasteiger charge is 2.54. The van der Waals surface area contributed by atoms with Crippen LogP contribution in [-0.2, 0) is 22.7 Å². The highest BCUT2D eigenvalue weighted by Crippen LogP contribution is 2.50. The molecule has 1 saturated carbocycles. The van der Waals surface area contributed by atoms with E-state index in [-0.39, 0.29) is 30.8 Å². The molecule has 2 aromatic rings. The molecule has 1 aliphatic heterocycles. The lowest BCUT2D eigenvalue weighted by Gasteiger charge is -2.42. The number of hydrogen-bond donors (Lipinski definition) is 2. The predicted molar refractivity (Wildman–Crippen MR) is 123 cm³/mol. The summed E-state index contributed by atoms with van der Waals surface area (Å²) in [5.41, 5.74) is 0.728. The molecule has 0 bridgehead atoms. The second kappa shape index (κ2) is 9.83. The van der Waals surface area contributed by atoms with E-state index in [4.69, 9.17) is 9.47 Å². The first-order chi connectivity index (χ1) is 15.9. The molecule has 1 saturated heterocycles. The maximum absolute atomic E-state index is 12.5. The van der Waals surface area contributed by atoms with E-state index in [9.17, 15) is 14.7 Å². The van der Waals surface area contributed by atoms with Crippen molar-refractivity contribution in [1.29, 1.82) is 0 Å². The van der Waals surface area contributed by atoms with Crippen molar-refractivity contribution in [3.63, 3.8) is 0 Å². The van der Waals surface area contributed by atoms with E-state index in [1.54, 1.807) is 4.90 Å². The standard InChI is InChI=1S/C26H32N2O5/c1-25(31)16-22(27-23(29)32-17-20-8-4-2-5-9-20)26(19-25)12-14-28(15-13-26)24(30)33-18-21-10-6-3-7-11-21/h2-11,22,31H,12-19H2,1H3,(H,27,29)/t22-,25?/m1/s1. The number of piperidine rings is 1. The molecular formula is C26H32N2O5. The number of hydrogen-bond acceptors (Lipinski definition) is 5. The zero-order valence-corrected chi connectivity index (χ0v) is 19.0.